The zero-order valence-electron chi connectivity index (χ0n) is 7.07. The van der Waals surface area contributed by atoms with E-state index in [1.54, 1.807) is 27.7 Å². The maximum Gasteiger partial charge on any atom is 0.123 e. The fourth-order valence-electron chi connectivity index (χ4n) is 0.833. The molecule has 1 rings (SSSR count). The molecule has 1 aromatic rings. The summed E-state index contributed by atoms with van der Waals surface area (Å²) in [5, 5.41) is 8.51. The Balaban J connectivity index is 2.28. The van der Waals surface area contributed by atoms with Gasteiger partial charge in [0.05, 0.1) is 6.61 Å². The van der Waals surface area contributed by atoms with Gasteiger partial charge in [-0.1, -0.05) is 33.7 Å². The first-order chi connectivity index (χ1) is 6.33. The Hall–Kier alpha value is -0.190. The summed E-state index contributed by atoms with van der Waals surface area (Å²) in [5.74, 6) is 1.31. The number of halogens is 1. The molecule has 0 spiro atoms. The Morgan fingerprint density at radius 1 is 1.31 bits per heavy atom. The van der Waals surface area contributed by atoms with Crippen molar-refractivity contribution in [1.29, 1.82) is 0 Å². The summed E-state index contributed by atoms with van der Waals surface area (Å²) >= 11 is 0. The van der Waals surface area contributed by atoms with Crippen LogP contribution in [-0.2, 0) is 5.75 Å². The average Bonchev–Trinajstić information content (AvgIpc) is 2.13. The van der Waals surface area contributed by atoms with Crippen LogP contribution in [0.15, 0.2) is 24.3 Å². The molecule has 0 amide bonds. The van der Waals surface area contributed by atoms with Gasteiger partial charge in [0.15, 0.2) is 0 Å². The van der Waals surface area contributed by atoms with E-state index in [-0.39, 0.29) is 12.4 Å². The van der Waals surface area contributed by atoms with Gasteiger partial charge >= 0.3 is 0 Å². The van der Waals surface area contributed by atoms with Crippen molar-refractivity contribution in [1.82, 2.24) is 0 Å². The third kappa shape index (κ3) is 4.55. The molecule has 4 heteroatoms. The molecular weight excluding hydrogens is 207 g/mol. The average molecular weight is 218 g/mol. The van der Waals surface area contributed by atoms with Crippen molar-refractivity contribution < 1.29 is 9.50 Å². The Morgan fingerprint density at radius 3 is 2.85 bits per heavy atom. The minimum atomic E-state index is -0.190. The van der Waals surface area contributed by atoms with E-state index in [1.165, 1.54) is 12.1 Å². The standard InChI is InChI=1S/C9H11FOS2/c10-9-3-1-2-8(6-9)7-13-12-5-4-11/h1-3,6,11H,4-5,7H2. The van der Waals surface area contributed by atoms with Gasteiger partial charge in [-0.2, -0.15) is 0 Å². The van der Waals surface area contributed by atoms with Crippen molar-refractivity contribution in [3.05, 3.63) is 35.6 Å². The normalized spacial score (nSPS) is 10.3. The summed E-state index contributed by atoms with van der Waals surface area (Å²) in [6.07, 6.45) is 0. The molecule has 1 nitrogen and oxygen atoms in total. The number of aliphatic hydroxyl groups excluding tert-OH is 1. The summed E-state index contributed by atoms with van der Waals surface area (Å²) in [7, 11) is 3.23. The third-order valence-corrected chi connectivity index (χ3v) is 3.69. The Kier molecular flexibility index (Phi) is 5.27. The van der Waals surface area contributed by atoms with E-state index in [0.717, 1.165) is 17.1 Å². The number of benzene rings is 1. The fraction of sp³-hybridized carbons (Fsp3) is 0.333. The molecule has 0 unspecified atom stereocenters. The van der Waals surface area contributed by atoms with Crippen LogP contribution in [0.4, 0.5) is 4.39 Å². The fourth-order valence-corrected chi connectivity index (χ4v) is 2.66. The van der Waals surface area contributed by atoms with Crippen LogP contribution in [0, 0.1) is 5.82 Å². The van der Waals surface area contributed by atoms with Crippen LogP contribution in [0.5, 0.6) is 0 Å². The Morgan fingerprint density at radius 2 is 2.15 bits per heavy atom. The smallest absolute Gasteiger partial charge is 0.123 e. The molecule has 0 aliphatic carbocycles. The van der Waals surface area contributed by atoms with Crippen molar-refractivity contribution in [3.8, 4) is 0 Å². The summed E-state index contributed by atoms with van der Waals surface area (Å²) in [6, 6.07) is 6.58. The molecule has 0 bridgehead atoms. The molecule has 0 aliphatic heterocycles. The zero-order valence-corrected chi connectivity index (χ0v) is 8.71. The maximum atomic E-state index is 12.7. The minimum Gasteiger partial charge on any atom is -0.395 e. The van der Waals surface area contributed by atoms with E-state index in [2.05, 4.69) is 0 Å². The first-order valence-electron chi connectivity index (χ1n) is 3.92. The van der Waals surface area contributed by atoms with Gasteiger partial charge in [0, 0.05) is 11.5 Å². The monoisotopic (exact) mass is 218 g/mol. The summed E-state index contributed by atoms with van der Waals surface area (Å²) in [4.78, 5) is 0. The molecule has 0 saturated heterocycles. The first kappa shape index (κ1) is 10.9. The molecule has 0 radical (unpaired) electrons. The van der Waals surface area contributed by atoms with Crippen LogP contribution in [0.3, 0.4) is 0 Å². The molecule has 0 atom stereocenters. The van der Waals surface area contributed by atoms with E-state index in [4.69, 9.17) is 5.11 Å². The first-order valence-corrected chi connectivity index (χ1v) is 6.41. The van der Waals surface area contributed by atoms with Gasteiger partial charge < -0.3 is 5.11 Å². The lowest BCUT2D eigenvalue weighted by Gasteiger charge is -1.99. The maximum absolute atomic E-state index is 12.7. The van der Waals surface area contributed by atoms with E-state index < -0.39 is 0 Å². The van der Waals surface area contributed by atoms with Crippen LogP contribution in [-0.4, -0.2) is 17.5 Å². The van der Waals surface area contributed by atoms with Crippen molar-refractivity contribution in [2.24, 2.45) is 0 Å². The highest BCUT2D eigenvalue weighted by molar-refractivity contribution is 8.76. The molecule has 0 fully saturated rings. The molecule has 1 N–H and O–H groups in total. The molecule has 0 aliphatic rings. The lowest BCUT2D eigenvalue weighted by atomic mass is 10.2. The predicted octanol–water partition coefficient (Wildman–Crippen LogP) is 2.70. The minimum absolute atomic E-state index is 0.190. The number of hydrogen-bond donors (Lipinski definition) is 1. The van der Waals surface area contributed by atoms with Gasteiger partial charge in [0.25, 0.3) is 0 Å². The highest BCUT2D eigenvalue weighted by atomic mass is 33.1. The topological polar surface area (TPSA) is 20.2 Å². The van der Waals surface area contributed by atoms with E-state index in [0.29, 0.717) is 0 Å². The number of aliphatic hydroxyl groups is 1. The van der Waals surface area contributed by atoms with Crippen molar-refractivity contribution in [2.45, 2.75) is 5.75 Å². The van der Waals surface area contributed by atoms with Crippen LogP contribution in [0.25, 0.3) is 0 Å². The summed E-state index contributed by atoms with van der Waals surface area (Å²) in [5.41, 5.74) is 0.982. The molecule has 13 heavy (non-hydrogen) atoms. The molecule has 72 valence electrons. The van der Waals surface area contributed by atoms with Crippen molar-refractivity contribution in [2.75, 3.05) is 12.4 Å². The van der Waals surface area contributed by atoms with Gasteiger partial charge in [0.1, 0.15) is 5.82 Å². The summed E-state index contributed by atoms with van der Waals surface area (Å²) < 4.78 is 12.7. The second kappa shape index (κ2) is 6.29. The Bertz CT molecular complexity index is 255. The van der Waals surface area contributed by atoms with Crippen LogP contribution >= 0.6 is 21.6 Å². The second-order valence-corrected chi connectivity index (χ2v) is 5.02. The highest BCUT2D eigenvalue weighted by Gasteiger charge is 1.95. The van der Waals surface area contributed by atoms with Crippen LogP contribution < -0.4 is 0 Å². The van der Waals surface area contributed by atoms with E-state index >= 15 is 0 Å². The van der Waals surface area contributed by atoms with Gasteiger partial charge in [-0.25, -0.2) is 4.39 Å². The van der Waals surface area contributed by atoms with Gasteiger partial charge in [-0.05, 0) is 17.7 Å². The number of rotatable bonds is 5. The Labute approximate surface area is 85.1 Å². The number of hydrogen-bond acceptors (Lipinski definition) is 3. The quantitative estimate of drug-likeness (QED) is 0.606. The molecular formula is C9H11FOS2. The SMILES string of the molecule is OCCSSCc1cccc(F)c1. The lowest BCUT2D eigenvalue weighted by molar-refractivity contribution is 0.323. The summed E-state index contributed by atoms with van der Waals surface area (Å²) in [6.45, 7) is 0.195. The molecule has 1 aromatic carbocycles. The molecule has 0 heterocycles. The second-order valence-electron chi connectivity index (χ2n) is 2.44. The van der Waals surface area contributed by atoms with Gasteiger partial charge in [0.2, 0.25) is 0 Å². The van der Waals surface area contributed by atoms with Gasteiger partial charge in [-0.3, -0.25) is 0 Å². The van der Waals surface area contributed by atoms with Crippen LogP contribution in [0.2, 0.25) is 0 Å². The van der Waals surface area contributed by atoms with Crippen molar-refractivity contribution >= 4 is 21.6 Å². The largest absolute Gasteiger partial charge is 0.395 e. The lowest BCUT2D eigenvalue weighted by Crippen LogP contribution is -1.84. The van der Waals surface area contributed by atoms with Crippen LogP contribution in [0.1, 0.15) is 5.56 Å². The third-order valence-electron chi connectivity index (χ3n) is 1.37. The predicted molar refractivity (Wildman–Crippen MR) is 57.2 cm³/mol. The molecule has 0 aromatic heterocycles. The molecule has 0 saturated carbocycles. The van der Waals surface area contributed by atoms with Crippen molar-refractivity contribution in [3.63, 3.8) is 0 Å². The zero-order chi connectivity index (χ0) is 9.52. The van der Waals surface area contributed by atoms with E-state index in [9.17, 15) is 4.39 Å². The highest BCUT2D eigenvalue weighted by Crippen LogP contribution is 2.25. The van der Waals surface area contributed by atoms with E-state index in [1.807, 2.05) is 6.07 Å². The van der Waals surface area contributed by atoms with Gasteiger partial charge in [-0.15, -0.1) is 0 Å².